The summed E-state index contributed by atoms with van der Waals surface area (Å²) in [7, 11) is 1.60. The normalized spacial score (nSPS) is 10.4. The van der Waals surface area contributed by atoms with Gasteiger partial charge in [-0.1, -0.05) is 19.4 Å². The summed E-state index contributed by atoms with van der Waals surface area (Å²) in [6, 6.07) is 18.9. The molecule has 2 amide bonds. The number of benzene rings is 3. The zero-order chi connectivity index (χ0) is 23.6. The van der Waals surface area contributed by atoms with Crippen molar-refractivity contribution in [2.24, 2.45) is 5.73 Å². The third-order valence-electron chi connectivity index (χ3n) is 4.93. The summed E-state index contributed by atoms with van der Waals surface area (Å²) in [6.07, 6.45) is 2.04. The second-order valence-corrected chi connectivity index (χ2v) is 7.38. The molecule has 0 aliphatic rings. The molecule has 0 bridgehead atoms. The van der Waals surface area contributed by atoms with Crippen LogP contribution < -0.4 is 25.3 Å². The van der Waals surface area contributed by atoms with Gasteiger partial charge in [-0.05, 0) is 72.6 Å². The maximum Gasteiger partial charge on any atom is 0.251 e. The molecular formula is C26H28N2O5. The fourth-order valence-corrected chi connectivity index (χ4v) is 3.05. The van der Waals surface area contributed by atoms with Gasteiger partial charge in [-0.3, -0.25) is 9.59 Å². The van der Waals surface area contributed by atoms with E-state index in [-0.39, 0.29) is 5.91 Å². The van der Waals surface area contributed by atoms with E-state index in [9.17, 15) is 9.59 Å². The monoisotopic (exact) mass is 448 g/mol. The standard InChI is InChI=1S/C26H28N2O5/c1-3-4-15-32-23-14-5-18(16-24(23)31-2)17-28-26(30)20-8-12-22(13-9-20)33-21-10-6-19(7-11-21)25(27)29/h5-14,16H,3-4,15,17H2,1-2H3,(H2,27,29)(H,28,30). The predicted octanol–water partition coefficient (Wildman–Crippen LogP) is 4.70. The number of hydrogen-bond acceptors (Lipinski definition) is 5. The first-order valence-corrected chi connectivity index (χ1v) is 10.8. The molecule has 172 valence electrons. The Bertz CT molecular complexity index is 1080. The number of nitrogens with one attached hydrogen (secondary N) is 1. The molecule has 0 aliphatic heterocycles. The Labute approximate surface area is 193 Å². The van der Waals surface area contributed by atoms with E-state index in [4.69, 9.17) is 19.9 Å². The molecule has 0 radical (unpaired) electrons. The van der Waals surface area contributed by atoms with Gasteiger partial charge in [-0.15, -0.1) is 0 Å². The van der Waals surface area contributed by atoms with Crippen molar-refractivity contribution in [3.63, 3.8) is 0 Å². The molecule has 0 saturated heterocycles. The third kappa shape index (κ3) is 6.74. The molecule has 3 N–H and O–H groups in total. The summed E-state index contributed by atoms with van der Waals surface area (Å²) in [5, 5.41) is 2.90. The summed E-state index contributed by atoms with van der Waals surface area (Å²) >= 11 is 0. The van der Waals surface area contributed by atoms with Crippen LogP contribution in [0.4, 0.5) is 0 Å². The lowest BCUT2D eigenvalue weighted by Gasteiger charge is -2.12. The van der Waals surface area contributed by atoms with E-state index >= 15 is 0 Å². The molecule has 0 atom stereocenters. The largest absolute Gasteiger partial charge is 0.493 e. The highest BCUT2D eigenvalue weighted by molar-refractivity contribution is 5.94. The first-order chi connectivity index (χ1) is 16.0. The number of nitrogens with two attached hydrogens (primary N) is 1. The van der Waals surface area contributed by atoms with E-state index < -0.39 is 5.91 Å². The van der Waals surface area contributed by atoms with Gasteiger partial charge in [-0.25, -0.2) is 0 Å². The van der Waals surface area contributed by atoms with Crippen molar-refractivity contribution < 1.29 is 23.8 Å². The van der Waals surface area contributed by atoms with Crippen LogP contribution in [0.25, 0.3) is 0 Å². The fraction of sp³-hybridized carbons (Fsp3) is 0.231. The Balaban J connectivity index is 1.55. The van der Waals surface area contributed by atoms with Crippen LogP contribution in [0, 0.1) is 0 Å². The molecule has 7 heteroatoms. The van der Waals surface area contributed by atoms with E-state index in [0.717, 1.165) is 18.4 Å². The Morgan fingerprint density at radius 3 is 2.09 bits per heavy atom. The van der Waals surface area contributed by atoms with Gasteiger partial charge >= 0.3 is 0 Å². The summed E-state index contributed by atoms with van der Waals surface area (Å²) in [5.41, 5.74) is 7.06. The Morgan fingerprint density at radius 1 is 0.879 bits per heavy atom. The van der Waals surface area contributed by atoms with Crippen molar-refractivity contribution in [1.29, 1.82) is 0 Å². The van der Waals surface area contributed by atoms with E-state index in [1.807, 2.05) is 18.2 Å². The first-order valence-electron chi connectivity index (χ1n) is 10.8. The lowest BCUT2D eigenvalue weighted by atomic mass is 10.1. The molecule has 0 heterocycles. The third-order valence-corrected chi connectivity index (χ3v) is 4.93. The van der Waals surface area contributed by atoms with Gasteiger partial charge < -0.3 is 25.3 Å². The summed E-state index contributed by atoms with van der Waals surface area (Å²) in [4.78, 5) is 23.7. The fourth-order valence-electron chi connectivity index (χ4n) is 3.05. The van der Waals surface area contributed by atoms with Crippen LogP contribution in [-0.2, 0) is 6.54 Å². The molecule has 0 saturated carbocycles. The highest BCUT2D eigenvalue weighted by atomic mass is 16.5. The van der Waals surface area contributed by atoms with E-state index in [1.54, 1.807) is 55.6 Å². The van der Waals surface area contributed by atoms with Gasteiger partial charge in [0.25, 0.3) is 5.91 Å². The quantitative estimate of drug-likeness (QED) is 0.414. The van der Waals surface area contributed by atoms with Crippen LogP contribution in [0.3, 0.4) is 0 Å². The number of methoxy groups -OCH3 is 1. The van der Waals surface area contributed by atoms with Gasteiger partial charge in [0.1, 0.15) is 11.5 Å². The van der Waals surface area contributed by atoms with Crippen LogP contribution in [-0.4, -0.2) is 25.5 Å². The molecule has 0 unspecified atom stereocenters. The maximum absolute atomic E-state index is 12.5. The topological polar surface area (TPSA) is 99.9 Å². The van der Waals surface area contributed by atoms with Crippen LogP contribution in [0.5, 0.6) is 23.0 Å². The number of unbranched alkanes of at least 4 members (excludes halogenated alkanes) is 1. The van der Waals surface area contributed by atoms with Crippen molar-refractivity contribution in [2.45, 2.75) is 26.3 Å². The van der Waals surface area contributed by atoms with Crippen molar-refractivity contribution in [3.8, 4) is 23.0 Å². The van der Waals surface area contributed by atoms with Gasteiger partial charge in [0.05, 0.1) is 13.7 Å². The molecule has 0 aliphatic carbocycles. The van der Waals surface area contributed by atoms with Crippen molar-refractivity contribution >= 4 is 11.8 Å². The van der Waals surface area contributed by atoms with Gasteiger partial charge in [0.2, 0.25) is 5.91 Å². The van der Waals surface area contributed by atoms with Crippen molar-refractivity contribution in [1.82, 2.24) is 5.32 Å². The minimum Gasteiger partial charge on any atom is -0.493 e. The van der Waals surface area contributed by atoms with Crippen LogP contribution in [0.1, 0.15) is 46.0 Å². The van der Waals surface area contributed by atoms with Gasteiger partial charge in [-0.2, -0.15) is 0 Å². The second-order valence-electron chi connectivity index (χ2n) is 7.38. The van der Waals surface area contributed by atoms with Crippen LogP contribution >= 0.6 is 0 Å². The van der Waals surface area contributed by atoms with E-state index in [1.165, 1.54) is 0 Å². The lowest BCUT2D eigenvalue weighted by molar-refractivity contribution is 0.0949. The minimum absolute atomic E-state index is 0.199. The second kappa shape index (κ2) is 11.6. The van der Waals surface area contributed by atoms with Crippen molar-refractivity contribution in [3.05, 3.63) is 83.4 Å². The van der Waals surface area contributed by atoms with Crippen molar-refractivity contribution in [2.75, 3.05) is 13.7 Å². The number of ether oxygens (including phenoxy) is 3. The SMILES string of the molecule is CCCCOc1ccc(CNC(=O)c2ccc(Oc3ccc(C(N)=O)cc3)cc2)cc1OC. The molecule has 3 aromatic carbocycles. The molecule has 7 nitrogen and oxygen atoms in total. The zero-order valence-corrected chi connectivity index (χ0v) is 18.8. The Kier molecular flexibility index (Phi) is 8.30. The number of rotatable bonds is 11. The molecular weight excluding hydrogens is 420 g/mol. The lowest BCUT2D eigenvalue weighted by Crippen LogP contribution is -2.22. The van der Waals surface area contributed by atoms with Gasteiger partial charge in [0, 0.05) is 17.7 Å². The molecule has 0 spiro atoms. The number of carbonyl (C=O) groups is 2. The zero-order valence-electron chi connectivity index (χ0n) is 18.8. The molecule has 33 heavy (non-hydrogen) atoms. The first kappa shape index (κ1) is 23.7. The number of carbonyl (C=O) groups excluding carboxylic acids is 2. The Hall–Kier alpha value is -4.00. The highest BCUT2D eigenvalue weighted by Crippen LogP contribution is 2.28. The smallest absolute Gasteiger partial charge is 0.251 e. The van der Waals surface area contributed by atoms with Crippen LogP contribution in [0.2, 0.25) is 0 Å². The number of hydrogen-bond donors (Lipinski definition) is 2. The summed E-state index contributed by atoms with van der Waals surface area (Å²) in [6.45, 7) is 3.11. The molecule has 0 aromatic heterocycles. The number of primary amides is 1. The molecule has 3 rings (SSSR count). The highest BCUT2D eigenvalue weighted by Gasteiger charge is 2.09. The molecule has 0 fully saturated rings. The molecule has 3 aromatic rings. The predicted molar refractivity (Wildman–Crippen MR) is 126 cm³/mol. The Morgan fingerprint density at radius 2 is 1.52 bits per heavy atom. The average molecular weight is 449 g/mol. The van der Waals surface area contributed by atoms with Gasteiger partial charge in [0.15, 0.2) is 11.5 Å². The summed E-state index contributed by atoms with van der Waals surface area (Å²) in [5.74, 6) is 1.78. The summed E-state index contributed by atoms with van der Waals surface area (Å²) < 4.78 is 16.9. The van der Waals surface area contributed by atoms with Crippen LogP contribution in [0.15, 0.2) is 66.7 Å². The number of amides is 2. The van der Waals surface area contributed by atoms with E-state index in [0.29, 0.717) is 47.3 Å². The average Bonchev–Trinajstić information content (AvgIpc) is 2.84. The maximum atomic E-state index is 12.5. The minimum atomic E-state index is -0.494. The van der Waals surface area contributed by atoms with E-state index in [2.05, 4.69) is 12.2 Å².